The maximum absolute atomic E-state index is 6.09. The predicted octanol–water partition coefficient (Wildman–Crippen LogP) is 4.26. The summed E-state index contributed by atoms with van der Waals surface area (Å²) in [4.78, 5) is 15.1. The second-order valence-electron chi connectivity index (χ2n) is 7.82. The minimum Gasteiger partial charge on any atom is -0.383 e. The van der Waals surface area contributed by atoms with Gasteiger partial charge in [0.2, 0.25) is 0 Å². The van der Waals surface area contributed by atoms with Crippen molar-refractivity contribution in [2.45, 2.75) is 27.3 Å². The monoisotopic (exact) mass is 409 g/mol. The maximum atomic E-state index is 6.09. The van der Waals surface area contributed by atoms with E-state index in [9.17, 15) is 0 Å². The number of nitrogens with two attached hydrogens (primary N) is 1. The molecule has 7 nitrogen and oxygen atoms in total. The molecule has 3 aromatic heterocycles. The Kier molecular flexibility index (Phi) is 4.32. The molecule has 0 radical (unpaired) electrons. The van der Waals surface area contributed by atoms with Crippen molar-refractivity contribution < 1.29 is 0 Å². The van der Waals surface area contributed by atoms with Gasteiger partial charge in [0.1, 0.15) is 12.1 Å². The number of fused-ring (bicyclic) bond motifs is 2. The van der Waals surface area contributed by atoms with Gasteiger partial charge in [0.05, 0.1) is 29.5 Å². The van der Waals surface area contributed by atoms with Crippen LogP contribution in [0.25, 0.3) is 22.8 Å². The average molecular weight is 409 g/mol. The van der Waals surface area contributed by atoms with Crippen LogP contribution in [0.3, 0.4) is 0 Å². The molecule has 4 aromatic rings. The quantitative estimate of drug-likeness (QED) is 0.544. The Labute approximate surface area is 180 Å². The van der Waals surface area contributed by atoms with E-state index < -0.39 is 0 Å². The van der Waals surface area contributed by atoms with Gasteiger partial charge in [-0.15, -0.1) is 0 Å². The highest BCUT2D eigenvalue weighted by Gasteiger charge is 2.27. The number of aromatic nitrogens is 5. The summed E-state index contributed by atoms with van der Waals surface area (Å²) in [7, 11) is 0. The molecule has 0 amide bonds. The Morgan fingerprint density at radius 3 is 2.71 bits per heavy atom. The highest BCUT2D eigenvalue weighted by atomic mass is 15.3. The van der Waals surface area contributed by atoms with Gasteiger partial charge >= 0.3 is 0 Å². The zero-order valence-electron chi connectivity index (χ0n) is 17.8. The van der Waals surface area contributed by atoms with Crippen molar-refractivity contribution in [3.8, 4) is 0 Å². The molecule has 31 heavy (non-hydrogen) atoms. The molecule has 0 aliphatic carbocycles. The third kappa shape index (κ3) is 2.97. The van der Waals surface area contributed by atoms with Crippen LogP contribution in [-0.2, 0) is 6.54 Å². The minimum atomic E-state index is 0.441. The van der Waals surface area contributed by atoms with Crippen LogP contribution in [0.5, 0.6) is 0 Å². The molecule has 2 N–H and O–H groups in total. The summed E-state index contributed by atoms with van der Waals surface area (Å²) < 4.78 is 1.88. The SMILES string of the molecule is C=C1c2c(C)cccc2C=C(Cn2nc(C)c3c(N)ncnc32)N1c1cnccc1C. The first-order chi connectivity index (χ1) is 15.0. The smallest absolute Gasteiger partial charge is 0.163 e. The summed E-state index contributed by atoms with van der Waals surface area (Å²) in [6.07, 6.45) is 7.35. The van der Waals surface area contributed by atoms with Crippen molar-refractivity contribution >= 4 is 34.3 Å². The molecule has 1 aromatic carbocycles. The largest absolute Gasteiger partial charge is 0.383 e. The van der Waals surface area contributed by atoms with E-state index in [1.54, 1.807) is 6.20 Å². The van der Waals surface area contributed by atoms with Crippen LogP contribution >= 0.6 is 0 Å². The fourth-order valence-corrected chi connectivity index (χ4v) is 4.31. The van der Waals surface area contributed by atoms with Crippen LogP contribution in [0.15, 0.2) is 55.3 Å². The lowest BCUT2D eigenvalue weighted by molar-refractivity contribution is 0.679. The number of benzene rings is 1. The molecule has 0 fully saturated rings. The molecule has 1 aliphatic heterocycles. The van der Waals surface area contributed by atoms with E-state index >= 15 is 0 Å². The Morgan fingerprint density at radius 2 is 1.90 bits per heavy atom. The number of hydrogen-bond donors (Lipinski definition) is 1. The van der Waals surface area contributed by atoms with Crippen LogP contribution in [0.4, 0.5) is 11.5 Å². The number of rotatable bonds is 3. The molecule has 154 valence electrons. The Morgan fingerprint density at radius 1 is 1.06 bits per heavy atom. The fraction of sp³-hybridized carbons (Fsp3) is 0.167. The van der Waals surface area contributed by atoms with Crippen molar-refractivity contribution in [3.63, 3.8) is 0 Å². The van der Waals surface area contributed by atoms with E-state index in [0.717, 1.165) is 50.5 Å². The fourth-order valence-electron chi connectivity index (χ4n) is 4.31. The maximum Gasteiger partial charge on any atom is 0.163 e. The molecular formula is C24H23N7. The Hall–Kier alpha value is -4.00. The van der Waals surface area contributed by atoms with Gasteiger partial charge in [-0.1, -0.05) is 24.8 Å². The zero-order chi connectivity index (χ0) is 21.7. The number of nitrogens with zero attached hydrogens (tertiary/aromatic N) is 6. The number of pyridine rings is 1. The average Bonchev–Trinajstić information content (AvgIpc) is 3.05. The topological polar surface area (TPSA) is 85.8 Å². The molecule has 7 heteroatoms. The molecule has 0 spiro atoms. The summed E-state index contributed by atoms with van der Waals surface area (Å²) >= 11 is 0. The Bertz CT molecular complexity index is 1380. The van der Waals surface area contributed by atoms with Crippen molar-refractivity contribution in [2.24, 2.45) is 0 Å². The van der Waals surface area contributed by atoms with Crippen molar-refractivity contribution in [3.05, 3.63) is 83.2 Å². The molecule has 0 atom stereocenters. The first kappa shape index (κ1) is 19.0. The number of nitrogen functional groups attached to an aromatic ring is 1. The predicted molar refractivity (Wildman–Crippen MR) is 124 cm³/mol. The lowest BCUT2D eigenvalue weighted by Gasteiger charge is -2.35. The van der Waals surface area contributed by atoms with Crippen molar-refractivity contribution in [1.29, 1.82) is 0 Å². The van der Waals surface area contributed by atoms with Crippen LogP contribution in [0, 0.1) is 20.8 Å². The van der Waals surface area contributed by atoms with E-state index in [1.165, 1.54) is 11.9 Å². The summed E-state index contributed by atoms with van der Waals surface area (Å²) in [5.41, 5.74) is 15.1. The van der Waals surface area contributed by atoms with E-state index in [4.69, 9.17) is 10.8 Å². The number of hydrogen-bond acceptors (Lipinski definition) is 6. The standard InChI is InChI=1S/C24H23N7/c1-14-8-9-26-11-20(14)31-17(4)21-15(2)6-5-7-18(21)10-19(31)12-30-24-22(16(3)29-30)23(25)27-13-28-24/h5-11,13H,4,12H2,1-3H3,(H2,25,27,28). The van der Waals surface area contributed by atoms with Gasteiger partial charge < -0.3 is 10.6 Å². The molecule has 0 saturated heterocycles. The van der Waals surface area contributed by atoms with Crippen LogP contribution in [0.2, 0.25) is 0 Å². The second-order valence-corrected chi connectivity index (χ2v) is 7.82. The first-order valence-corrected chi connectivity index (χ1v) is 10.1. The van der Waals surface area contributed by atoms with Gasteiger partial charge in [-0.3, -0.25) is 4.98 Å². The molecule has 0 unspecified atom stereocenters. The van der Waals surface area contributed by atoms with Gasteiger partial charge in [0.15, 0.2) is 5.65 Å². The highest BCUT2D eigenvalue weighted by molar-refractivity contribution is 5.93. The summed E-state index contributed by atoms with van der Waals surface area (Å²) in [5, 5.41) is 5.51. The van der Waals surface area contributed by atoms with Crippen LogP contribution in [-0.4, -0.2) is 24.7 Å². The lowest BCUT2D eigenvalue weighted by Crippen LogP contribution is -2.28. The third-order valence-corrected chi connectivity index (χ3v) is 5.77. The van der Waals surface area contributed by atoms with Gasteiger partial charge in [0.25, 0.3) is 0 Å². The van der Waals surface area contributed by atoms with Gasteiger partial charge in [0, 0.05) is 23.2 Å². The summed E-state index contributed by atoms with van der Waals surface area (Å²) in [5.74, 6) is 0.441. The minimum absolute atomic E-state index is 0.441. The number of anilines is 2. The zero-order valence-corrected chi connectivity index (χ0v) is 17.8. The van der Waals surface area contributed by atoms with E-state index in [0.29, 0.717) is 12.4 Å². The van der Waals surface area contributed by atoms with Gasteiger partial charge in [-0.2, -0.15) is 5.10 Å². The van der Waals surface area contributed by atoms with E-state index in [1.807, 2.05) is 23.9 Å². The molecule has 4 heterocycles. The van der Waals surface area contributed by atoms with Gasteiger partial charge in [-0.05, 0) is 49.6 Å². The first-order valence-electron chi connectivity index (χ1n) is 10.1. The second kappa shape index (κ2) is 7.05. The Balaban J connectivity index is 1.70. The molecule has 0 bridgehead atoms. The summed E-state index contributed by atoms with van der Waals surface area (Å²) in [6, 6.07) is 8.31. The van der Waals surface area contributed by atoms with Crippen molar-refractivity contribution in [2.75, 3.05) is 10.6 Å². The lowest BCUT2D eigenvalue weighted by atomic mass is 9.93. The van der Waals surface area contributed by atoms with Gasteiger partial charge in [-0.25, -0.2) is 14.6 Å². The van der Waals surface area contributed by atoms with Crippen LogP contribution in [0.1, 0.15) is 27.9 Å². The number of allylic oxidation sites excluding steroid dienone is 1. The number of aryl methyl sites for hydroxylation is 3. The normalized spacial score (nSPS) is 13.5. The molecule has 0 saturated carbocycles. The van der Waals surface area contributed by atoms with E-state index in [2.05, 4.69) is 64.6 Å². The molecule has 1 aliphatic rings. The van der Waals surface area contributed by atoms with E-state index in [-0.39, 0.29) is 0 Å². The summed E-state index contributed by atoms with van der Waals surface area (Å²) in [6.45, 7) is 11.1. The third-order valence-electron chi connectivity index (χ3n) is 5.77. The highest BCUT2D eigenvalue weighted by Crippen LogP contribution is 2.39. The van der Waals surface area contributed by atoms with Crippen LogP contribution < -0.4 is 10.6 Å². The van der Waals surface area contributed by atoms with Crippen molar-refractivity contribution in [1.82, 2.24) is 24.7 Å². The molecule has 5 rings (SSSR count). The molecular weight excluding hydrogens is 386 g/mol.